The molecule has 4 amide bonds. The first-order chi connectivity index (χ1) is 26.7. The van der Waals surface area contributed by atoms with Gasteiger partial charge in [0.15, 0.2) is 0 Å². The number of aliphatic hydroxyl groups is 1. The van der Waals surface area contributed by atoms with Gasteiger partial charge in [-0.05, 0) is 29.5 Å². The number of nitrogen functional groups attached to an aromatic ring is 1. The zero-order chi connectivity index (χ0) is 40.4. The zero-order valence-corrected chi connectivity index (χ0v) is 33.5. The molecule has 2 aliphatic rings. The molecule has 0 saturated carbocycles. The summed E-state index contributed by atoms with van der Waals surface area (Å²) in [5.41, 5.74) is 8.67. The van der Waals surface area contributed by atoms with Crippen LogP contribution in [-0.4, -0.2) is 117 Å². The summed E-state index contributed by atoms with van der Waals surface area (Å²) in [6.45, 7) is 7.95. The first kappa shape index (κ1) is 42.7. The smallest absolute Gasteiger partial charge is 0.351 e. The number of aryl methyl sites for hydroxylation is 1. The largest absolute Gasteiger partial charge is 0.391 e. The molecule has 2 fully saturated rings. The van der Waals surface area contributed by atoms with Crippen molar-refractivity contribution in [2.24, 2.45) is 5.41 Å². The van der Waals surface area contributed by atoms with Crippen LogP contribution in [0.3, 0.4) is 0 Å². The Balaban J connectivity index is 0.986. The van der Waals surface area contributed by atoms with Crippen LogP contribution in [-0.2, 0) is 39.9 Å². The molecule has 19 heteroatoms. The third-order valence-electron chi connectivity index (χ3n) is 9.15. The van der Waals surface area contributed by atoms with Crippen LogP contribution in [0, 0.1) is 12.3 Å². The topological polar surface area (TPSA) is 229 Å². The average Bonchev–Trinajstić information content (AvgIpc) is 3.91. The number of ether oxygens (including phenoxy) is 3. The van der Waals surface area contributed by atoms with Crippen molar-refractivity contribution in [2.75, 3.05) is 51.0 Å². The Labute approximate surface area is 333 Å². The van der Waals surface area contributed by atoms with E-state index in [0.717, 1.165) is 21.7 Å². The van der Waals surface area contributed by atoms with Gasteiger partial charge in [-0.2, -0.15) is 4.98 Å². The molecule has 2 saturated heterocycles. The Morgan fingerprint density at radius 2 is 1.82 bits per heavy atom. The highest BCUT2D eigenvalue weighted by atomic mass is 32.2. The molecule has 5 rings (SSSR count). The molecule has 3 aromatic rings. The van der Waals surface area contributed by atoms with E-state index < -0.39 is 47.3 Å². The molecule has 0 unspecified atom stereocenters. The summed E-state index contributed by atoms with van der Waals surface area (Å²) in [7, 11) is 0. The fourth-order valence-corrected chi connectivity index (χ4v) is 7.99. The van der Waals surface area contributed by atoms with Crippen molar-refractivity contribution in [3.8, 4) is 10.4 Å². The lowest BCUT2D eigenvalue weighted by Crippen LogP contribution is -2.57. The summed E-state index contributed by atoms with van der Waals surface area (Å²) in [5.74, 6) is -0.953. The van der Waals surface area contributed by atoms with Gasteiger partial charge in [0.05, 0.1) is 48.6 Å². The van der Waals surface area contributed by atoms with Crippen molar-refractivity contribution < 1.29 is 38.5 Å². The summed E-state index contributed by atoms with van der Waals surface area (Å²) in [6.07, 6.45) is 0.188. The number of aromatic nitrogens is 3. The molecule has 5 atom stereocenters. The van der Waals surface area contributed by atoms with Crippen LogP contribution in [0.25, 0.3) is 10.4 Å². The number of hydrogen-bond acceptors (Lipinski definition) is 14. The van der Waals surface area contributed by atoms with Gasteiger partial charge < -0.3 is 45.9 Å². The van der Waals surface area contributed by atoms with Crippen LogP contribution < -0.4 is 27.4 Å². The van der Waals surface area contributed by atoms with Crippen molar-refractivity contribution >= 4 is 52.5 Å². The summed E-state index contributed by atoms with van der Waals surface area (Å²) in [6, 6.07) is 7.48. The number of nitrogens with two attached hydrogens (primary N) is 1. The lowest BCUT2D eigenvalue weighted by atomic mass is 9.85. The van der Waals surface area contributed by atoms with Gasteiger partial charge in [-0.1, -0.05) is 45.0 Å². The van der Waals surface area contributed by atoms with E-state index in [1.807, 2.05) is 52.0 Å². The maximum Gasteiger partial charge on any atom is 0.351 e. The van der Waals surface area contributed by atoms with Crippen LogP contribution in [0.4, 0.5) is 5.82 Å². The number of thiazole rings is 1. The van der Waals surface area contributed by atoms with Crippen molar-refractivity contribution in [3.63, 3.8) is 0 Å². The molecule has 0 aliphatic carbocycles. The second kappa shape index (κ2) is 19.6. The number of rotatable bonds is 17. The van der Waals surface area contributed by atoms with E-state index in [-0.39, 0.29) is 82.0 Å². The minimum atomic E-state index is -0.961. The number of β-amino-alcohol motifs (C(OH)–C–C–N with tert-alkyl or cyclic N) is 1. The maximum atomic E-state index is 13.9. The molecular formula is C37H50N8O9S2. The van der Waals surface area contributed by atoms with E-state index >= 15 is 0 Å². The van der Waals surface area contributed by atoms with Crippen molar-refractivity contribution in [1.29, 1.82) is 0 Å². The maximum absolute atomic E-state index is 13.9. The van der Waals surface area contributed by atoms with Gasteiger partial charge in [0.2, 0.25) is 23.6 Å². The van der Waals surface area contributed by atoms with Gasteiger partial charge in [-0.15, -0.1) is 23.1 Å². The lowest BCUT2D eigenvalue weighted by molar-refractivity contribution is -0.144. The lowest BCUT2D eigenvalue weighted by Gasteiger charge is -2.35. The molecule has 6 N–H and O–H groups in total. The number of carbonyl (C=O) groups excluding carboxylic acids is 4. The van der Waals surface area contributed by atoms with Crippen molar-refractivity contribution in [2.45, 2.75) is 76.9 Å². The van der Waals surface area contributed by atoms with E-state index in [1.54, 1.807) is 16.8 Å². The average molecular weight is 815 g/mol. The number of carbonyl (C=O) groups is 4. The highest BCUT2D eigenvalue weighted by molar-refractivity contribution is 8.00. The number of amides is 4. The van der Waals surface area contributed by atoms with Gasteiger partial charge in [0, 0.05) is 37.9 Å². The molecule has 1 aromatic carbocycles. The molecule has 0 spiro atoms. The monoisotopic (exact) mass is 814 g/mol. The predicted molar refractivity (Wildman–Crippen MR) is 210 cm³/mol. The van der Waals surface area contributed by atoms with Crippen molar-refractivity contribution in [1.82, 2.24) is 35.4 Å². The zero-order valence-electron chi connectivity index (χ0n) is 31.9. The Hall–Kier alpha value is -4.40. The van der Waals surface area contributed by atoms with Gasteiger partial charge in [0.1, 0.15) is 36.2 Å². The number of aliphatic hydroxyl groups excluding tert-OH is 1. The van der Waals surface area contributed by atoms with Crippen LogP contribution in [0.15, 0.2) is 46.8 Å². The molecular weight excluding hydrogens is 765 g/mol. The minimum Gasteiger partial charge on any atom is -0.391 e. The highest BCUT2D eigenvalue weighted by Crippen LogP contribution is 2.31. The molecule has 17 nitrogen and oxygen atoms in total. The number of thioether (sulfide) groups is 1. The third-order valence-corrected chi connectivity index (χ3v) is 11.3. The Bertz CT molecular complexity index is 1880. The number of likely N-dealkylation sites (tertiary alicyclic amines) is 1. The quantitative estimate of drug-likeness (QED) is 0.121. The summed E-state index contributed by atoms with van der Waals surface area (Å²) in [4.78, 5) is 74.9. The number of nitrogens with one attached hydrogen (secondary N) is 3. The predicted octanol–water partition coefficient (Wildman–Crippen LogP) is 1.19. The fraction of sp³-hybridized carbons (Fsp3) is 0.541. The van der Waals surface area contributed by atoms with Crippen LogP contribution in [0.1, 0.15) is 51.1 Å². The number of hydrogen-bond donors (Lipinski definition) is 5. The van der Waals surface area contributed by atoms with E-state index in [4.69, 9.17) is 19.9 Å². The molecule has 2 aliphatic heterocycles. The molecule has 56 heavy (non-hydrogen) atoms. The summed E-state index contributed by atoms with van der Waals surface area (Å²) < 4.78 is 18.1. The van der Waals surface area contributed by atoms with E-state index in [1.165, 1.54) is 33.5 Å². The summed E-state index contributed by atoms with van der Waals surface area (Å²) in [5, 5.41) is 18.9. The number of anilines is 1. The molecule has 0 radical (unpaired) electrons. The number of nitrogens with zero attached hydrogens (tertiary/aromatic N) is 4. The van der Waals surface area contributed by atoms with Gasteiger partial charge in [-0.3, -0.25) is 23.7 Å². The normalized spacial score (nSPS) is 20.1. The molecule has 0 bridgehead atoms. The molecule has 4 heterocycles. The van der Waals surface area contributed by atoms with E-state index in [9.17, 15) is 29.1 Å². The SMILES string of the molecule is Cc1ncsc1-c1ccc(CNC(=O)[C@@H]2C[C@@H](O)CN2C(=O)[C@@H](NC(=O)CCOCCOCC(=O)NC[C@@H]2O[C@H](n3ccc(N)nc3=O)CS2)C(C)(C)C)cc1. The first-order valence-electron chi connectivity index (χ1n) is 18.3. The van der Waals surface area contributed by atoms with E-state index in [2.05, 4.69) is 25.9 Å². The second-order valence-corrected chi connectivity index (χ2v) is 16.6. The van der Waals surface area contributed by atoms with Gasteiger partial charge in [0.25, 0.3) is 0 Å². The van der Waals surface area contributed by atoms with Crippen LogP contribution >= 0.6 is 23.1 Å². The molecule has 304 valence electrons. The Kier molecular flexibility index (Phi) is 15.0. The third kappa shape index (κ3) is 11.8. The standard InChI is InChI=1S/C37H50N8O9S2/c1-22-32(56-21-41-22)24-7-5-23(6-8-24)16-40-34(49)26-15-25(46)18-45(26)35(50)33(37(2,3)4)43-28(47)10-12-52-13-14-53-19-29(48)39-17-31-54-30(20-55-31)44-11-9-27(38)42-36(44)51/h5-9,11,21,25-26,30-31,33,46H,10,12-20H2,1-4H3,(H,39,48)(H,40,49)(H,43,47)(H2,38,42,51)/t25-,26+,30+,31-,33-/m1/s1. The van der Waals surface area contributed by atoms with Crippen LogP contribution in [0.5, 0.6) is 0 Å². The second-order valence-electron chi connectivity index (χ2n) is 14.6. The van der Waals surface area contributed by atoms with Crippen molar-refractivity contribution in [3.05, 3.63) is 63.8 Å². The highest BCUT2D eigenvalue weighted by Gasteiger charge is 2.44. The van der Waals surface area contributed by atoms with Crippen LogP contribution in [0.2, 0.25) is 0 Å². The number of benzene rings is 1. The first-order valence-corrected chi connectivity index (χ1v) is 20.2. The molecule has 2 aromatic heterocycles. The van der Waals surface area contributed by atoms with Gasteiger partial charge in [-0.25, -0.2) is 9.78 Å². The Morgan fingerprint density at radius 1 is 1.07 bits per heavy atom. The fourth-order valence-electron chi connectivity index (χ4n) is 6.15. The minimum absolute atomic E-state index is 0.0257. The Morgan fingerprint density at radius 3 is 2.52 bits per heavy atom. The van der Waals surface area contributed by atoms with Gasteiger partial charge >= 0.3 is 5.69 Å². The van der Waals surface area contributed by atoms with E-state index in [0.29, 0.717) is 5.75 Å². The summed E-state index contributed by atoms with van der Waals surface area (Å²) >= 11 is 3.02.